The van der Waals surface area contributed by atoms with Gasteiger partial charge in [-0.05, 0) is 67.9 Å². The quantitative estimate of drug-likeness (QED) is 0.515. The molecule has 0 radical (unpaired) electrons. The minimum absolute atomic E-state index is 0.00183. The summed E-state index contributed by atoms with van der Waals surface area (Å²) in [6.07, 6.45) is 11.3. The second kappa shape index (κ2) is 8.28. The number of nitrogens with zero attached hydrogens (tertiary/aromatic N) is 4. The van der Waals surface area contributed by atoms with E-state index >= 15 is 0 Å². The van der Waals surface area contributed by atoms with Gasteiger partial charge in [-0.1, -0.05) is 0 Å². The van der Waals surface area contributed by atoms with E-state index in [1.807, 2.05) is 18.5 Å². The molecule has 0 spiro atoms. The second-order valence-corrected chi connectivity index (χ2v) is 7.75. The maximum atomic E-state index is 14.3. The fraction of sp³-hybridized carbons (Fsp3) is 0.208. The Labute approximate surface area is 179 Å². The van der Waals surface area contributed by atoms with Crippen LogP contribution in [0.1, 0.15) is 18.9 Å². The van der Waals surface area contributed by atoms with E-state index in [9.17, 15) is 9.50 Å². The van der Waals surface area contributed by atoms with Gasteiger partial charge in [-0.2, -0.15) is 5.10 Å². The number of pyridine rings is 2. The van der Waals surface area contributed by atoms with Crippen molar-refractivity contribution in [3.05, 3.63) is 73.2 Å². The van der Waals surface area contributed by atoms with E-state index < -0.39 is 5.82 Å². The minimum atomic E-state index is -0.431. The first-order valence-electron chi connectivity index (χ1n) is 10.3. The Hall–Kier alpha value is -3.58. The molecule has 0 aliphatic carbocycles. The van der Waals surface area contributed by atoms with E-state index in [-0.39, 0.29) is 11.3 Å². The molecule has 0 amide bonds. The summed E-state index contributed by atoms with van der Waals surface area (Å²) in [5.74, 6) is -0.433. The highest BCUT2D eigenvalue weighted by Crippen LogP contribution is 2.30. The van der Waals surface area contributed by atoms with Gasteiger partial charge in [0.15, 0.2) is 0 Å². The standard InChI is InChI=1S/C24H22FN5O/c25-23-2-1-21(31)11-22(23)24-10-16(3-8-28-24)17-9-18(13-27-12-17)19-14-29-30(15-19)20-4-6-26-7-5-20/h1-3,8-15,20,26,31H,4-7H2. The number of rotatable bonds is 4. The summed E-state index contributed by atoms with van der Waals surface area (Å²) < 4.78 is 16.3. The van der Waals surface area contributed by atoms with E-state index in [1.165, 1.54) is 18.2 Å². The van der Waals surface area contributed by atoms with Crippen LogP contribution in [-0.2, 0) is 0 Å². The average molecular weight is 415 g/mol. The number of nitrogens with one attached hydrogen (secondary N) is 1. The molecule has 31 heavy (non-hydrogen) atoms. The topological polar surface area (TPSA) is 75.9 Å². The lowest BCUT2D eigenvalue weighted by molar-refractivity contribution is 0.343. The third kappa shape index (κ3) is 4.04. The molecule has 0 atom stereocenters. The van der Waals surface area contributed by atoms with Gasteiger partial charge in [-0.25, -0.2) is 4.39 Å². The van der Waals surface area contributed by atoms with Crippen molar-refractivity contribution in [1.29, 1.82) is 0 Å². The highest BCUT2D eigenvalue weighted by Gasteiger charge is 2.16. The lowest BCUT2D eigenvalue weighted by Gasteiger charge is -2.22. The van der Waals surface area contributed by atoms with Crippen molar-refractivity contribution < 1.29 is 9.50 Å². The minimum Gasteiger partial charge on any atom is -0.508 e. The zero-order valence-corrected chi connectivity index (χ0v) is 16.9. The number of piperidine rings is 1. The molecule has 0 bridgehead atoms. The van der Waals surface area contributed by atoms with E-state index in [2.05, 4.69) is 37.3 Å². The van der Waals surface area contributed by atoms with Crippen LogP contribution in [0.5, 0.6) is 5.75 Å². The third-order valence-corrected chi connectivity index (χ3v) is 5.68. The molecule has 6 nitrogen and oxygen atoms in total. The summed E-state index contributed by atoms with van der Waals surface area (Å²) in [5, 5.41) is 17.7. The normalized spacial score (nSPS) is 14.6. The van der Waals surface area contributed by atoms with Gasteiger partial charge in [-0.3, -0.25) is 14.6 Å². The van der Waals surface area contributed by atoms with Gasteiger partial charge in [0.05, 0.1) is 17.9 Å². The van der Waals surface area contributed by atoms with Gasteiger partial charge >= 0.3 is 0 Å². The molecule has 4 aromatic rings. The molecule has 1 aliphatic heterocycles. The molecule has 7 heteroatoms. The number of aromatic nitrogens is 4. The van der Waals surface area contributed by atoms with Crippen molar-refractivity contribution in [3.63, 3.8) is 0 Å². The molecule has 5 rings (SSSR count). The molecule has 1 saturated heterocycles. The highest BCUT2D eigenvalue weighted by molar-refractivity contribution is 5.74. The van der Waals surface area contributed by atoms with Gasteiger partial charge in [-0.15, -0.1) is 0 Å². The van der Waals surface area contributed by atoms with E-state index in [0.717, 1.165) is 48.2 Å². The third-order valence-electron chi connectivity index (χ3n) is 5.68. The summed E-state index contributed by atoms with van der Waals surface area (Å²) in [6.45, 7) is 2.03. The molecule has 3 aromatic heterocycles. The first-order chi connectivity index (χ1) is 15.2. The van der Waals surface area contributed by atoms with Crippen molar-refractivity contribution in [1.82, 2.24) is 25.1 Å². The van der Waals surface area contributed by atoms with E-state index in [1.54, 1.807) is 18.5 Å². The Balaban J connectivity index is 1.46. The van der Waals surface area contributed by atoms with E-state index in [4.69, 9.17) is 0 Å². The largest absolute Gasteiger partial charge is 0.508 e. The molecule has 1 aromatic carbocycles. The summed E-state index contributed by atoms with van der Waals surface area (Å²) in [6, 6.07) is 10.1. The maximum absolute atomic E-state index is 14.3. The van der Waals surface area contributed by atoms with Gasteiger partial charge in [0.25, 0.3) is 0 Å². The molecular formula is C24H22FN5O. The zero-order valence-electron chi connectivity index (χ0n) is 16.9. The molecular weight excluding hydrogens is 393 g/mol. The Kier molecular flexibility index (Phi) is 5.18. The Morgan fingerprint density at radius 2 is 1.74 bits per heavy atom. The molecule has 156 valence electrons. The van der Waals surface area contributed by atoms with Crippen LogP contribution in [0.4, 0.5) is 4.39 Å². The number of phenols is 1. The number of hydrogen-bond donors (Lipinski definition) is 2. The number of benzene rings is 1. The molecule has 0 unspecified atom stereocenters. The van der Waals surface area contributed by atoms with Gasteiger partial charge in [0, 0.05) is 47.0 Å². The lowest BCUT2D eigenvalue weighted by atomic mass is 10.0. The number of phenolic OH excluding ortho intramolecular Hbond substituents is 1. The van der Waals surface area contributed by atoms with Crippen LogP contribution >= 0.6 is 0 Å². The maximum Gasteiger partial charge on any atom is 0.132 e. The Morgan fingerprint density at radius 3 is 2.58 bits per heavy atom. The highest BCUT2D eigenvalue weighted by atomic mass is 19.1. The van der Waals surface area contributed by atoms with Crippen molar-refractivity contribution in [2.75, 3.05) is 13.1 Å². The summed E-state index contributed by atoms with van der Waals surface area (Å²) in [7, 11) is 0. The first kappa shape index (κ1) is 19.4. The van der Waals surface area contributed by atoms with Gasteiger partial charge < -0.3 is 10.4 Å². The molecule has 2 N–H and O–H groups in total. The zero-order chi connectivity index (χ0) is 21.2. The van der Waals surface area contributed by atoms with Crippen LogP contribution < -0.4 is 5.32 Å². The average Bonchev–Trinajstić information content (AvgIpc) is 3.32. The van der Waals surface area contributed by atoms with Gasteiger partial charge in [0.2, 0.25) is 0 Å². The van der Waals surface area contributed by atoms with Crippen LogP contribution in [0.3, 0.4) is 0 Å². The summed E-state index contributed by atoms with van der Waals surface area (Å²) in [5.41, 5.74) is 4.47. The first-order valence-corrected chi connectivity index (χ1v) is 10.3. The fourth-order valence-corrected chi connectivity index (χ4v) is 3.98. The van der Waals surface area contributed by atoms with Crippen molar-refractivity contribution in [3.8, 4) is 39.3 Å². The predicted octanol–water partition coefficient (Wildman–Crippen LogP) is 4.44. The fourth-order valence-electron chi connectivity index (χ4n) is 3.98. The molecule has 1 fully saturated rings. The van der Waals surface area contributed by atoms with Crippen LogP contribution in [0, 0.1) is 5.82 Å². The predicted molar refractivity (Wildman–Crippen MR) is 117 cm³/mol. The lowest BCUT2D eigenvalue weighted by Crippen LogP contribution is -2.29. The molecule has 1 aliphatic rings. The van der Waals surface area contributed by atoms with Crippen molar-refractivity contribution >= 4 is 0 Å². The number of aromatic hydroxyl groups is 1. The van der Waals surface area contributed by atoms with Crippen LogP contribution in [0.15, 0.2) is 67.4 Å². The smallest absolute Gasteiger partial charge is 0.132 e. The SMILES string of the molecule is Oc1ccc(F)c(-c2cc(-c3cncc(-c4cnn(C5CCNCC5)c4)c3)ccn2)c1. The second-order valence-electron chi connectivity index (χ2n) is 7.75. The van der Waals surface area contributed by atoms with Crippen molar-refractivity contribution in [2.24, 2.45) is 0 Å². The molecule has 4 heterocycles. The van der Waals surface area contributed by atoms with Crippen LogP contribution in [-0.4, -0.2) is 37.9 Å². The Morgan fingerprint density at radius 1 is 0.935 bits per heavy atom. The number of hydrogen-bond acceptors (Lipinski definition) is 5. The molecule has 0 saturated carbocycles. The Bertz CT molecular complexity index is 1220. The summed E-state index contributed by atoms with van der Waals surface area (Å²) in [4.78, 5) is 8.69. The van der Waals surface area contributed by atoms with Crippen LogP contribution in [0.25, 0.3) is 33.5 Å². The van der Waals surface area contributed by atoms with Crippen LogP contribution in [0.2, 0.25) is 0 Å². The van der Waals surface area contributed by atoms with Crippen molar-refractivity contribution in [2.45, 2.75) is 18.9 Å². The monoisotopic (exact) mass is 415 g/mol. The van der Waals surface area contributed by atoms with Gasteiger partial charge in [0.1, 0.15) is 11.6 Å². The summed E-state index contributed by atoms with van der Waals surface area (Å²) >= 11 is 0. The van der Waals surface area contributed by atoms with E-state index in [0.29, 0.717) is 11.7 Å². The number of halogens is 1.